The van der Waals surface area contributed by atoms with Gasteiger partial charge in [-0.3, -0.25) is 14.9 Å². The van der Waals surface area contributed by atoms with Crippen LogP contribution in [0.5, 0.6) is 11.5 Å². The number of nitrogens with zero attached hydrogens (tertiary/aromatic N) is 2. The molecule has 0 heterocycles. The number of methoxy groups -OCH3 is 1. The molecule has 0 fully saturated rings. The summed E-state index contributed by atoms with van der Waals surface area (Å²) in [6.45, 7) is 4.26. The molecule has 3 aromatic carbocycles. The van der Waals surface area contributed by atoms with Crippen molar-refractivity contribution in [3.8, 4) is 17.6 Å². The highest BCUT2D eigenvalue weighted by molar-refractivity contribution is 6.01. The van der Waals surface area contributed by atoms with Crippen LogP contribution in [-0.4, -0.2) is 17.9 Å². The van der Waals surface area contributed by atoms with Gasteiger partial charge in [0, 0.05) is 24.2 Å². The first kappa shape index (κ1) is 25.7. The summed E-state index contributed by atoms with van der Waals surface area (Å²) in [5.41, 5.74) is 2.97. The maximum Gasteiger partial charge on any atom is 0.269 e. The number of ether oxygens (including phenoxy) is 2. The van der Waals surface area contributed by atoms with Crippen molar-refractivity contribution in [2.45, 2.75) is 19.6 Å². The molecule has 1 amide bonds. The van der Waals surface area contributed by atoms with Crippen molar-refractivity contribution >= 4 is 17.7 Å². The van der Waals surface area contributed by atoms with Gasteiger partial charge in [-0.15, -0.1) is 6.58 Å². The van der Waals surface area contributed by atoms with Crippen molar-refractivity contribution in [1.29, 1.82) is 5.26 Å². The highest BCUT2D eigenvalue weighted by atomic mass is 16.6. The van der Waals surface area contributed by atoms with Crippen LogP contribution < -0.4 is 14.8 Å². The quantitative estimate of drug-likeness (QED) is 0.133. The first-order chi connectivity index (χ1) is 17.4. The fraction of sp³-hybridized carbons (Fsp3) is 0.143. The van der Waals surface area contributed by atoms with Crippen LogP contribution in [0.15, 0.2) is 85.0 Å². The molecule has 0 unspecified atom stereocenters. The predicted octanol–water partition coefficient (Wildman–Crippen LogP) is 5.13. The molecule has 0 saturated heterocycles. The number of amides is 1. The lowest BCUT2D eigenvalue weighted by Crippen LogP contribution is -2.23. The minimum Gasteiger partial charge on any atom is -0.493 e. The molecule has 182 valence electrons. The van der Waals surface area contributed by atoms with E-state index >= 15 is 0 Å². The Labute approximate surface area is 209 Å². The molecule has 0 aliphatic rings. The Bertz CT molecular complexity index is 1310. The number of hydrogen-bond donors (Lipinski definition) is 1. The normalized spacial score (nSPS) is 10.7. The average molecular weight is 484 g/mol. The Morgan fingerprint density at radius 1 is 1.14 bits per heavy atom. The van der Waals surface area contributed by atoms with Crippen LogP contribution in [0.4, 0.5) is 5.69 Å². The molecular weight excluding hydrogens is 458 g/mol. The van der Waals surface area contributed by atoms with E-state index in [4.69, 9.17) is 9.47 Å². The van der Waals surface area contributed by atoms with E-state index in [0.29, 0.717) is 30.0 Å². The second-order valence-electron chi connectivity index (χ2n) is 7.75. The molecule has 0 aliphatic heterocycles. The molecule has 1 N–H and O–H groups in total. The highest BCUT2D eigenvalue weighted by Gasteiger charge is 2.15. The van der Waals surface area contributed by atoms with Gasteiger partial charge in [-0.1, -0.05) is 36.4 Å². The standard InChI is InChI=1S/C28H25N3O5/c1-3-7-23-14-22(15-24(17-29)28(32)30-18-20-8-5-4-6-9-20)16-26(35-2)27(23)36-19-21-10-12-25(13-11-21)31(33)34/h3-6,8-16H,1,7,18-19H2,2H3,(H,30,32)/b24-15+. The van der Waals surface area contributed by atoms with Crippen LogP contribution in [0.3, 0.4) is 0 Å². The third kappa shape index (κ3) is 6.81. The third-order valence-electron chi connectivity index (χ3n) is 5.24. The van der Waals surface area contributed by atoms with Crippen LogP contribution in [-0.2, 0) is 24.4 Å². The smallest absolute Gasteiger partial charge is 0.269 e. The maximum atomic E-state index is 12.6. The molecule has 0 saturated carbocycles. The molecule has 0 aromatic heterocycles. The Hall–Kier alpha value is -4.90. The summed E-state index contributed by atoms with van der Waals surface area (Å²) in [5, 5.41) is 23.2. The SMILES string of the molecule is C=CCc1cc(/C=C(\C#N)C(=O)NCc2ccccc2)cc(OC)c1OCc1ccc([N+](=O)[O-])cc1. The molecule has 0 spiro atoms. The van der Waals surface area contributed by atoms with Crippen molar-refractivity contribution in [3.63, 3.8) is 0 Å². The van der Waals surface area contributed by atoms with Gasteiger partial charge in [-0.2, -0.15) is 5.26 Å². The summed E-state index contributed by atoms with van der Waals surface area (Å²) < 4.78 is 11.5. The van der Waals surface area contributed by atoms with Gasteiger partial charge in [0.05, 0.1) is 12.0 Å². The lowest BCUT2D eigenvalue weighted by atomic mass is 10.0. The number of rotatable bonds is 11. The van der Waals surface area contributed by atoms with Crippen LogP contribution in [0, 0.1) is 21.4 Å². The number of nitro benzene ring substituents is 1. The molecule has 0 radical (unpaired) electrons. The third-order valence-corrected chi connectivity index (χ3v) is 5.24. The van der Waals surface area contributed by atoms with E-state index in [9.17, 15) is 20.2 Å². The van der Waals surface area contributed by atoms with Crippen molar-refractivity contribution in [2.24, 2.45) is 0 Å². The maximum absolute atomic E-state index is 12.6. The summed E-state index contributed by atoms with van der Waals surface area (Å²) in [7, 11) is 1.50. The number of nitriles is 1. The Morgan fingerprint density at radius 3 is 2.47 bits per heavy atom. The molecule has 0 atom stereocenters. The second-order valence-corrected chi connectivity index (χ2v) is 7.75. The van der Waals surface area contributed by atoms with E-state index in [-0.39, 0.29) is 17.9 Å². The Kier molecular flexibility index (Phi) is 8.95. The van der Waals surface area contributed by atoms with Gasteiger partial charge in [-0.25, -0.2) is 0 Å². The van der Waals surface area contributed by atoms with Gasteiger partial charge in [0.25, 0.3) is 11.6 Å². The van der Waals surface area contributed by atoms with E-state index in [0.717, 1.165) is 16.7 Å². The lowest BCUT2D eigenvalue weighted by molar-refractivity contribution is -0.384. The zero-order valence-corrected chi connectivity index (χ0v) is 19.8. The highest BCUT2D eigenvalue weighted by Crippen LogP contribution is 2.35. The summed E-state index contributed by atoms with van der Waals surface area (Å²) in [6.07, 6.45) is 3.66. The van der Waals surface area contributed by atoms with E-state index in [1.807, 2.05) is 36.4 Å². The van der Waals surface area contributed by atoms with Gasteiger partial charge < -0.3 is 14.8 Å². The first-order valence-corrected chi connectivity index (χ1v) is 11.1. The Balaban J connectivity index is 1.82. The fourth-order valence-electron chi connectivity index (χ4n) is 3.45. The molecule has 0 bridgehead atoms. The van der Waals surface area contributed by atoms with Crippen molar-refractivity contribution < 1.29 is 19.2 Å². The second kappa shape index (κ2) is 12.5. The largest absolute Gasteiger partial charge is 0.493 e. The number of nitro groups is 1. The summed E-state index contributed by atoms with van der Waals surface area (Å²) in [6, 6.07) is 20.9. The van der Waals surface area contributed by atoms with Crippen molar-refractivity contribution in [1.82, 2.24) is 5.32 Å². The lowest BCUT2D eigenvalue weighted by Gasteiger charge is -2.16. The predicted molar refractivity (Wildman–Crippen MR) is 136 cm³/mol. The monoisotopic (exact) mass is 483 g/mol. The number of allylic oxidation sites excluding steroid dienone is 1. The average Bonchev–Trinajstić information content (AvgIpc) is 2.90. The van der Waals surface area contributed by atoms with E-state index in [1.165, 1.54) is 25.3 Å². The molecule has 36 heavy (non-hydrogen) atoms. The summed E-state index contributed by atoms with van der Waals surface area (Å²) in [4.78, 5) is 23.0. The molecule has 3 aromatic rings. The van der Waals surface area contributed by atoms with E-state index in [1.54, 1.807) is 30.3 Å². The number of carbonyl (C=O) groups excluding carboxylic acids is 1. The fourth-order valence-corrected chi connectivity index (χ4v) is 3.45. The molecule has 3 rings (SSSR count). The van der Waals surface area contributed by atoms with Gasteiger partial charge in [0.2, 0.25) is 0 Å². The van der Waals surface area contributed by atoms with Gasteiger partial charge in [0.1, 0.15) is 18.2 Å². The van der Waals surface area contributed by atoms with E-state index in [2.05, 4.69) is 11.9 Å². The topological polar surface area (TPSA) is 114 Å². The summed E-state index contributed by atoms with van der Waals surface area (Å²) in [5.74, 6) is 0.425. The molecule has 8 nitrogen and oxygen atoms in total. The van der Waals surface area contributed by atoms with Gasteiger partial charge in [-0.05, 0) is 53.5 Å². The molecule has 0 aliphatic carbocycles. The molecular formula is C28H25N3O5. The van der Waals surface area contributed by atoms with Crippen LogP contribution in [0.1, 0.15) is 22.3 Å². The number of non-ortho nitro benzene ring substituents is 1. The van der Waals surface area contributed by atoms with Gasteiger partial charge >= 0.3 is 0 Å². The summed E-state index contributed by atoms with van der Waals surface area (Å²) >= 11 is 0. The van der Waals surface area contributed by atoms with Crippen molar-refractivity contribution in [2.75, 3.05) is 7.11 Å². The van der Waals surface area contributed by atoms with Crippen molar-refractivity contribution in [3.05, 3.63) is 117 Å². The number of hydrogen-bond acceptors (Lipinski definition) is 6. The first-order valence-electron chi connectivity index (χ1n) is 11.1. The zero-order chi connectivity index (χ0) is 25.9. The molecule has 8 heteroatoms. The van der Waals surface area contributed by atoms with E-state index < -0.39 is 10.8 Å². The number of benzene rings is 3. The Morgan fingerprint density at radius 2 is 1.86 bits per heavy atom. The van der Waals surface area contributed by atoms with Crippen LogP contribution in [0.25, 0.3) is 6.08 Å². The number of nitrogens with one attached hydrogen (secondary N) is 1. The zero-order valence-electron chi connectivity index (χ0n) is 19.8. The van der Waals surface area contributed by atoms with Crippen LogP contribution >= 0.6 is 0 Å². The minimum absolute atomic E-state index is 0.000851. The number of carbonyl (C=O) groups is 1. The van der Waals surface area contributed by atoms with Gasteiger partial charge in [0.15, 0.2) is 11.5 Å². The van der Waals surface area contributed by atoms with Crippen LogP contribution in [0.2, 0.25) is 0 Å². The minimum atomic E-state index is -0.482.